The number of fused-ring (bicyclic) bond motifs is 6. The van der Waals surface area contributed by atoms with E-state index in [1.807, 2.05) is 255 Å². The fourth-order valence-electron chi connectivity index (χ4n) is 9.63. The van der Waals surface area contributed by atoms with Crippen LogP contribution in [0.5, 0.6) is 0 Å². The van der Waals surface area contributed by atoms with Gasteiger partial charge in [0.1, 0.15) is 0 Å². The summed E-state index contributed by atoms with van der Waals surface area (Å²) >= 11 is 0. The van der Waals surface area contributed by atoms with E-state index < -0.39 is 79.0 Å². The Labute approximate surface area is 626 Å². The summed E-state index contributed by atoms with van der Waals surface area (Å²) in [5, 5.41) is 71.9. The SMILES string of the molecule is CS(C)=O.CS(C)=O.CS(C)=O.CS(C)=O.O=C(O)Cc1cccc2ccccc12.O=C(O)Cc1cccc2ccccc12.O=C([O-])Cc1cccc2ccccc12.O=C([O-])Cc1cccc2ccccc12.O=C([O-])Cc1cccc2ccccc12.O=C([O-])Cc1cccc2ccccc12.[Cu+2].[Cu+2]. The fourth-order valence-corrected chi connectivity index (χ4v) is 9.63. The Kier molecular flexibility index (Phi) is 44.5. The molecule has 2 radical (unpaired) electrons. The summed E-state index contributed by atoms with van der Waals surface area (Å²) in [5.74, 6) is -5.74. The van der Waals surface area contributed by atoms with Crippen LogP contribution in [0.3, 0.4) is 0 Å². The zero-order valence-electron chi connectivity index (χ0n) is 57.3. The van der Waals surface area contributed by atoms with Gasteiger partial charge in [-0.2, -0.15) is 0 Å². The summed E-state index contributed by atoms with van der Waals surface area (Å²) in [4.78, 5) is 63.2. The molecule has 542 valence electrons. The molecule has 0 atom stereocenters. The predicted octanol–water partition coefficient (Wildman–Crippen LogP) is 9.44. The molecule has 22 heteroatoms. The molecule has 0 aliphatic heterocycles. The first kappa shape index (κ1) is 90.7. The van der Waals surface area contributed by atoms with E-state index in [9.17, 15) is 66.0 Å². The third-order valence-corrected chi connectivity index (χ3v) is 13.3. The van der Waals surface area contributed by atoms with E-state index >= 15 is 0 Å². The van der Waals surface area contributed by atoms with E-state index in [0.717, 1.165) is 98.0 Å². The summed E-state index contributed by atoms with van der Waals surface area (Å²) in [5.41, 5.74) is 4.98. The van der Waals surface area contributed by atoms with E-state index in [1.54, 1.807) is 50.0 Å². The van der Waals surface area contributed by atoms with Crippen molar-refractivity contribution in [3.63, 3.8) is 0 Å². The maximum Gasteiger partial charge on any atom is 2.00 e. The van der Waals surface area contributed by atoms with Gasteiger partial charge in [0.15, 0.2) is 0 Å². The van der Waals surface area contributed by atoms with Gasteiger partial charge in [0, 0.05) is 143 Å². The number of carboxylic acid groups (broad SMARTS) is 6. The van der Waals surface area contributed by atoms with Gasteiger partial charge < -0.3 is 49.8 Å². The zero-order valence-corrected chi connectivity index (χ0v) is 62.5. The molecule has 12 aromatic rings. The number of aliphatic carboxylic acids is 6. The number of hydrogen-bond acceptors (Lipinski definition) is 14. The van der Waals surface area contributed by atoms with Crippen molar-refractivity contribution in [2.45, 2.75) is 38.5 Å². The summed E-state index contributed by atoms with van der Waals surface area (Å²) in [6.07, 6.45) is 13.2. The molecule has 0 aromatic heterocycles. The van der Waals surface area contributed by atoms with Gasteiger partial charge in [-0.1, -0.05) is 255 Å². The van der Waals surface area contributed by atoms with Crippen molar-refractivity contribution in [2.75, 3.05) is 50.0 Å². The second-order valence-corrected chi connectivity index (χ2v) is 28.1. The molecule has 0 aliphatic carbocycles. The number of carbonyl (C=O) groups excluding carboxylic acids is 4. The quantitative estimate of drug-likeness (QED) is 0.108. The minimum absolute atomic E-state index is 0. The standard InChI is InChI=1S/6C12H10O2.4C2H6OS.2Cu/c6*13-12(14)8-10-6-3-5-9-4-1-2-7-11(9)10;4*1-4(2)3;;/h6*1-7H,8H2,(H,13,14);4*1-2H3;;/q;;;;;;;;;;2*+2/p-4. The van der Waals surface area contributed by atoms with Crippen LogP contribution < -0.4 is 20.4 Å². The first-order chi connectivity index (χ1) is 47.6. The summed E-state index contributed by atoms with van der Waals surface area (Å²) in [7, 11) is -2.44. The van der Waals surface area contributed by atoms with Gasteiger partial charge in [-0.25, -0.2) is 0 Å². The molecule has 0 bridgehead atoms. The molecule has 0 fully saturated rings. The molecule has 0 aliphatic rings. The van der Waals surface area contributed by atoms with E-state index in [2.05, 4.69) is 0 Å². The van der Waals surface area contributed by atoms with Crippen molar-refractivity contribution in [3.05, 3.63) is 288 Å². The molecule has 0 unspecified atom stereocenters. The fraction of sp³-hybridized carbons (Fsp3) is 0.175. The van der Waals surface area contributed by atoms with Crippen LogP contribution in [0.25, 0.3) is 64.6 Å². The average molecular weight is 1550 g/mol. The Balaban J connectivity index is 0.000000584. The smallest absolute Gasteiger partial charge is 0.550 e. The minimum Gasteiger partial charge on any atom is -0.550 e. The van der Waals surface area contributed by atoms with Crippen LogP contribution in [0.15, 0.2) is 255 Å². The van der Waals surface area contributed by atoms with Crippen LogP contribution in [0, 0.1) is 0 Å². The Morgan fingerprint density at radius 2 is 0.353 bits per heavy atom. The third-order valence-electron chi connectivity index (χ3n) is 13.3. The van der Waals surface area contributed by atoms with Gasteiger partial charge in [0.2, 0.25) is 0 Å². The Morgan fingerprint density at radius 3 is 0.480 bits per heavy atom. The predicted molar refractivity (Wildman–Crippen MR) is 401 cm³/mol. The van der Waals surface area contributed by atoms with Crippen LogP contribution in [-0.2, 0) is 145 Å². The summed E-state index contributed by atoms with van der Waals surface area (Å²) in [6.45, 7) is 0. The maximum absolute atomic E-state index is 10.6. The summed E-state index contributed by atoms with van der Waals surface area (Å²) < 4.78 is 38.2. The molecule has 0 amide bonds. The molecule has 0 spiro atoms. The largest absolute Gasteiger partial charge is 2.00 e. The average Bonchev–Trinajstić information content (AvgIpc) is 0.883. The first-order valence-corrected chi connectivity index (χ1v) is 38.5. The van der Waals surface area contributed by atoms with Gasteiger partial charge in [-0.05, 0) is 98.0 Å². The van der Waals surface area contributed by atoms with Crippen molar-refractivity contribution in [1.29, 1.82) is 0 Å². The maximum atomic E-state index is 10.6. The monoisotopic (exact) mass is 1550 g/mol. The van der Waals surface area contributed by atoms with E-state index in [4.69, 9.17) is 10.2 Å². The minimum atomic E-state index is -1.04. The third kappa shape index (κ3) is 36.8. The number of hydrogen-bond donors (Lipinski definition) is 2. The van der Waals surface area contributed by atoms with E-state index in [-0.39, 0.29) is 72.7 Å². The van der Waals surface area contributed by atoms with Crippen molar-refractivity contribution in [3.8, 4) is 0 Å². The summed E-state index contributed by atoms with van der Waals surface area (Å²) in [6, 6.07) is 80.6. The van der Waals surface area contributed by atoms with Crippen LogP contribution in [0.4, 0.5) is 0 Å². The van der Waals surface area contributed by atoms with Gasteiger partial charge in [0.05, 0.1) is 12.8 Å². The van der Waals surface area contributed by atoms with Gasteiger partial charge >= 0.3 is 46.1 Å². The number of carboxylic acids is 6. The molecule has 0 saturated heterocycles. The van der Waals surface area contributed by atoms with E-state index in [1.165, 1.54) is 0 Å². The van der Waals surface area contributed by atoms with Crippen LogP contribution in [0.1, 0.15) is 33.4 Å². The molecule has 102 heavy (non-hydrogen) atoms. The van der Waals surface area contributed by atoms with E-state index in [0.29, 0.717) is 0 Å². The Bertz CT molecular complexity index is 3950. The number of benzene rings is 12. The van der Waals surface area contributed by atoms with Crippen molar-refractivity contribution >= 4 is 144 Å². The molecule has 0 saturated carbocycles. The van der Waals surface area contributed by atoms with Crippen LogP contribution in [-0.4, -0.2) is 113 Å². The van der Waals surface area contributed by atoms with Crippen molar-refractivity contribution < 1.29 is 110 Å². The van der Waals surface area contributed by atoms with Crippen LogP contribution in [0.2, 0.25) is 0 Å². The first-order valence-electron chi connectivity index (χ1n) is 30.6. The molecule has 16 nitrogen and oxygen atoms in total. The van der Waals surface area contributed by atoms with Crippen LogP contribution >= 0.6 is 0 Å². The molecule has 0 heterocycles. The van der Waals surface area contributed by atoms with Gasteiger partial charge in [0.25, 0.3) is 0 Å². The zero-order chi connectivity index (χ0) is 74.1. The number of carbonyl (C=O) groups is 6. The number of rotatable bonds is 12. The molecule has 12 rings (SSSR count). The molecule has 2 N–H and O–H groups in total. The molecule has 12 aromatic carbocycles. The molecular weight excluding hydrogens is 1470 g/mol. The Morgan fingerprint density at radius 1 is 0.235 bits per heavy atom. The second-order valence-electron chi connectivity index (χ2n) is 22.1. The molecular formula is C80H80Cu2O16S4. The van der Waals surface area contributed by atoms with Crippen molar-refractivity contribution in [2.24, 2.45) is 0 Å². The topological polar surface area (TPSA) is 303 Å². The second kappa shape index (κ2) is 50.1. The Hall–Kier alpha value is -9.34. The van der Waals surface area contributed by atoms with Gasteiger partial charge in [-0.15, -0.1) is 0 Å². The van der Waals surface area contributed by atoms with Gasteiger partial charge in [-0.3, -0.25) is 26.4 Å². The normalized spacial score (nSPS) is 9.84. The van der Waals surface area contributed by atoms with Crippen molar-refractivity contribution in [1.82, 2.24) is 0 Å².